The highest BCUT2D eigenvalue weighted by molar-refractivity contribution is 5.79. The van der Waals surface area contributed by atoms with Crippen molar-refractivity contribution >= 4 is 5.91 Å². The number of hydrogen-bond donors (Lipinski definition) is 0. The lowest BCUT2D eigenvalue weighted by Crippen LogP contribution is -2.39. The molecule has 0 bridgehead atoms. The third kappa shape index (κ3) is 3.66. The molecule has 0 N–H and O–H groups in total. The largest absolute Gasteiger partial charge is 0.384 e. The average molecular weight is 317 g/mol. The molecule has 23 heavy (non-hydrogen) atoms. The summed E-state index contributed by atoms with van der Waals surface area (Å²) in [6.07, 6.45) is 9.63. The van der Waals surface area contributed by atoms with Gasteiger partial charge >= 0.3 is 0 Å². The van der Waals surface area contributed by atoms with Crippen LogP contribution in [0.4, 0.5) is 0 Å². The summed E-state index contributed by atoms with van der Waals surface area (Å²) in [4.78, 5) is 14.7. The average Bonchev–Trinajstić information content (AvgIpc) is 2.99. The number of allylic oxidation sites excluding steroid dienone is 1. The fraction of sp³-hybridized carbons (Fsp3) is 0.667. The second kappa shape index (κ2) is 7.30. The number of carbonyl (C=O) groups excluding carboxylic acids is 1. The number of fused-ring (bicyclic) bond motifs is 1. The van der Waals surface area contributed by atoms with Crippen LogP contribution in [-0.2, 0) is 22.6 Å². The van der Waals surface area contributed by atoms with Crippen molar-refractivity contribution in [2.75, 3.05) is 20.3 Å². The van der Waals surface area contributed by atoms with E-state index >= 15 is 0 Å². The van der Waals surface area contributed by atoms with Gasteiger partial charge in [-0.15, -0.1) is 0 Å². The first kappa shape index (κ1) is 16.2. The zero-order valence-electron chi connectivity index (χ0n) is 14.3. The highest BCUT2D eigenvalue weighted by atomic mass is 16.5. The topological polar surface area (TPSA) is 47.4 Å². The number of aromatic nitrogens is 2. The monoisotopic (exact) mass is 317 g/mol. The van der Waals surface area contributed by atoms with Crippen molar-refractivity contribution in [2.45, 2.75) is 58.0 Å². The Kier molecular flexibility index (Phi) is 5.16. The molecule has 0 radical (unpaired) electrons. The molecule has 1 atom stereocenters. The number of hydrogen-bond acceptors (Lipinski definition) is 3. The Morgan fingerprint density at radius 3 is 3.00 bits per heavy atom. The molecular weight excluding hydrogens is 290 g/mol. The van der Waals surface area contributed by atoms with Crippen molar-refractivity contribution in [3.8, 4) is 0 Å². The maximum atomic E-state index is 12.7. The van der Waals surface area contributed by atoms with Crippen LogP contribution in [0.3, 0.4) is 0 Å². The van der Waals surface area contributed by atoms with Crippen LogP contribution in [0.15, 0.2) is 17.8 Å². The minimum absolute atomic E-state index is 0.230. The van der Waals surface area contributed by atoms with Gasteiger partial charge in [0.05, 0.1) is 18.8 Å². The van der Waals surface area contributed by atoms with E-state index < -0.39 is 0 Å². The molecule has 1 aromatic heterocycles. The number of carbonyl (C=O) groups is 1. The van der Waals surface area contributed by atoms with E-state index in [-0.39, 0.29) is 11.8 Å². The summed E-state index contributed by atoms with van der Waals surface area (Å²) < 4.78 is 7.34. The summed E-state index contributed by atoms with van der Waals surface area (Å²) in [5, 5.41) is 4.63. The fourth-order valence-electron chi connectivity index (χ4n) is 3.62. The van der Waals surface area contributed by atoms with Gasteiger partial charge in [0.2, 0.25) is 5.91 Å². The summed E-state index contributed by atoms with van der Waals surface area (Å²) in [7, 11) is 1.72. The van der Waals surface area contributed by atoms with Crippen molar-refractivity contribution in [1.82, 2.24) is 14.7 Å². The molecule has 0 saturated carbocycles. The van der Waals surface area contributed by atoms with E-state index in [1.54, 1.807) is 7.11 Å². The van der Waals surface area contributed by atoms with E-state index in [1.165, 1.54) is 24.0 Å². The molecule has 3 rings (SSSR count). The minimum Gasteiger partial charge on any atom is -0.384 e. The van der Waals surface area contributed by atoms with E-state index in [0.717, 1.165) is 31.6 Å². The van der Waals surface area contributed by atoms with E-state index in [0.29, 0.717) is 19.6 Å². The van der Waals surface area contributed by atoms with Crippen LogP contribution in [-0.4, -0.2) is 40.8 Å². The van der Waals surface area contributed by atoms with Gasteiger partial charge in [0, 0.05) is 44.3 Å². The van der Waals surface area contributed by atoms with Gasteiger partial charge in [-0.05, 0) is 32.6 Å². The number of ether oxygens (including phenoxy) is 1. The van der Waals surface area contributed by atoms with E-state index in [1.807, 2.05) is 9.58 Å². The highest BCUT2D eigenvalue weighted by Gasteiger charge is 2.30. The maximum absolute atomic E-state index is 12.7. The van der Waals surface area contributed by atoms with Crippen LogP contribution in [0.25, 0.3) is 0 Å². The lowest BCUT2D eigenvalue weighted by molar-refractivity contribution is -0.132. The summed E-state index contributed by atoms with van der Waals surface area (Å²) in [6, 6.07) is 0. The number of rotatable bonds is 5. The van der Waals surface area contributed by atoms with Gasteiger partial charge in [-0.25, -0.2) is 0 Å². The van der Waals surface area contributed by atoms with Crippen LogP contribution in [0, 0.1) is 0 Å². The molecule has 1 aliphatic carbocycles. The van der Waals surface area contributed by atoms with Gasteiger partial charge in [-0.2, -0.15) is 5.10 Å². The second-order valence-corrected chi connectivity index (χ2v) is 6.60. The van der Waals surface area contributed by atoms with Gasteiger partial charge in [-0.3, -0.25) is 9.48 Å². The number of amides is 1. The Hall–Kier alpha value is -1.62. The SMILES string of the molecule is CCn1cc2c(n1)CN(C(=O)CC1=CCCCC1)C[C@@H]2COC. The van der Waals surface area contributed by atoms with Crippen molar-refractivity contribution < 1.29 is 9.53 Å². The normalized spacial score (nSPS) is 21.0. The number of nitrogens with zero attached hydrogens (tertiary/aromatic N) is 3. The summed E-state index contributed by atoms with van der Waals surface area (Å²) in [5.74, 6) is 0.462. The molecule has 5 nitrogen and oxygen atoms in total. The molecule has 0 spiro atoms. The smallest absolute Gasteiger partial charge is 0.227 e. The van der Waals surface area contributed by atoms with Crippen LogP contribution in [0.5, 0.6) is 0 Å². The molecule has 2 heterocycles. The van der Waals surface area contributed by atoms with Crippen molar-refractivity contribution in [2.24, 2.45) is 0 Å². The first-order valence-corrected chi connectivity index (χ1v) is 8.72. The minimum atomic E-state index is 0.230. The molecule has 0 saturated heterocycles. The van der Waals surface area contributed by atoms with Gasteiger partial charge < -0.3 is 9.64 Å². The molecule has 1 aromatic rings. The first-order valence-electron chi connectivity index (χ1n) is 8.72. The Morgan fingerprint density at radius 1 is 1.43 bits per heavy atom. The number of aryl methyl sites for hydroxylation is 1. The van der Waals surface area contributed by atoms with E-state index in [4.69, 9.17) is 4.74 Å². The van der Waals surface area contributed by atoms with E-state index in [9.17, 15) is 4.79 Å². The third-order valence-electron chi connectivity index (χ3n) is 4.90. The predicted octanol–water partition coefficient (Wildman–Crippen LogP) is 2.87. The van der Waals surface area contributed by atoms with E-state index in [2.05, 4.69) is 24.3 Å². The van der Waals surface area contributed by atoms with Gasteiger partial charge in [0.15, 0.2) is 0 Å². The molecule has 5 heteroatoms. The summed E-state index contributed by atoms with van der Waals surface area (Å²) >= 11 is 0. The Labute approximate surface area is 138 Å². The van der Waals surface area contributed by atoms with Crippen LogP contribution >= 0.6 is 0 Å². The first-order chi connectivity index (χ1) is 11.2. The fourth-order valence-corrected chi connectivity index (χ4v) is 3.62. The van der Waals surface area contributed by atoms with Crippen LogP contribution < -0.4 is 0 Å². The molecule has 126 valence electrons. The van der Waals surface area contributed by atoms with Crippen molar-refractivity contribution in [1.29, 1.82) is 0 Å². The Morgan fingerprint density at radius 2 is 2.30 bits per heavy atom. The molecule has 2 aliphatic rings. The Bertz CT molecular complexity index is 591. The number of methoxy groups -OCH3 is 1. The molecule has 0 fully saturated rings. The predicted molar refractivity (Wildman–Crippen MR) is 89.1 cm³/mol. The van der Waals surface area contributed by atoms with Crippen LogP contribution in [0.2, 0.25) is 0 Å². The maximum Gasteiger partial charge on any atom is 0.227 e. The Balaban J connectivity index is 1.73. The zero-order chi connectivity index (χ0) is 16.2. The van der Waals surface area contributed by atoms with Crippen LogP contribution in [0.1, 0.15) is 56.2 Å². The second-order valence-electron chi connectivity index (χ2n) is 6.60. The quantitative estimate of drug-likeness (QED) is 0.785. The highest BCUT2D eigenvalue weighted by Crippen LogP contribution is 2.29. The molecule has 0 unspecified atom stereocenters. The lowest BCUT2D eigenvalue weighted by Gasteiger charge is -2.32. The molecule has 1 aliphatic heterocycles. The standard InChI is InChI=1S/C18H27N3O2/c1-3-21-11-16-15(13-23-2)10-20(12-17(16)19-21)18(22)9-14-7-5-4-6-8-14/h7,11,15H,3-6,8-10,12-13H2,1-2H3/t15-/m1/s1. The van der Waals surface area contributed by atoms with Crippen molar-refractivity contribution in [3.05, 3.63) is 29.1 Å². The molecule has 1 amide bonds. The third-order valence-corrected chi connectivity index (χ3v) is 4.90. The van der Waals surface area contributed by atoms with Crippen molar-refractivity contribution in [3.63, 3.8) is 0 Å². The molecular formula is C18H27N3O2. The summed E-state index contributed by atoms with van der Waals surface area (Å²) in [6.45, 7) is 4.95. The van der Waals surface area contributed by atoms with Gasteiger partial charge in [0.1, 0.15) is 0 Å². The summed E-state index contributed by atoms with van der Waals surface area (Å²) in [5.41, 5.74) is 3.59. The van der Waals surface area contributed by atoms with Gasteiger partial charge in [0.25, 0.3) is 0 Å². The molecule has 0 aromatic carbocycles. The lowest BCUT2D eigenvalue weighted by atomic mass is 9.93. The van der Waals surface area contributed by atoms with Gasteiger partial charge in [-0.1, -0.05) is 11.6 Å². The zero-order valence-corrected chi connectivity index (χ0v) is 14.3.